The second kappa shape index (κ2) is 8.93. The molecule has 1 saturated heterocycles. The van der Waals surface area contributed by atoms with Crippen LogP contribution in [0.5, 0.6) is 5.88 Å². The number of carbonyl (C=O) groups is 2. The van der Waals surface area contributed by atoms with Crippen LogP contribution >= 0.6 is 0 Å². The minimum Gasteiger partial charge on any atom is -0.481 e. The van der Waals surface area contributed by atoms with Gasteiger partial charge in [0.2, 0.25) is 11.8 Å². The van der Waals surface area contributed by atoms with Gasteiger partial charge >= 0.3 is 6.09 Å². The number of anilines is 1. The van der Waals surface area contributed by atoms with Gasteiger partial charge in [-0.2, -0.15) is 5.10 Å². The summed E-state index contributed by atoms with van der Waals surface area (Å²) in [5.74, 6) is 0.958. The SMILES string of the molecule is COc1ccc(CC(=O)Nc2cc([C@@H]3CC[C@H](OC(=O)N4C[C@@H](O)[C@@H]4C)C3)[nH]n2)cn1. The quantitative estimate of drug-likeness (QED) is 0.639. The minimum absolute atomic E-state index is 0.161. The molecule has 1 aliphatic carbocycles. The van der Waals surface area contributed by atoms with Crippen LogP contribution in [0.1, 0.15) is 43.4 Å². The minimum atomic E-state index is -0.469. The summed E-state index contributed by atoms with van der Waals surface area (Å²) in [6.07, 6.45) is 3.13. The zero-order chi connectivity index (χ0) is 22.0. The first-order chi connectivity index (χ1) is 14.9. The maximum Gasteiger partial charge on any atom is 0.410 e. The standard InChI is InChI=1S/C21H27N5O5/c1-12-17(27)11-26(12)21(29)31-15-5-4-14(8-15)16-9-18(25-24-16)23-19(28)7-13-3-6-20(30-2)22-10-13/h3,6,9-10,12,14-15,17,27H,4-5,7-8,11H2,1-2H3,(H2,23,24,25,28)/t12-,14+,15-,17+/m0/s1. The topological polar surface area (TPSA) is 130 Å². The Morgan fingerprint density at radius 2 is 2.19 bits per heavy atom. The molecule has 3 heterocycles. The van der Waals surface area contributed by atoms with E-state index in [1.54, 1.807) is 37.3 Å². The number of H-pyrrole nitrogens is 1. The Kier molecular flexibility index (Phi) is 6.08. The van der Waals surface area contributed by atoms with Crippen LogP contribution < -0.4 is 10.1 Å². The zero-order valence-corrected chi connectivity index (χ0v) is 17.6. The highest BCUT2D eigenvalue weighted by Crippen LogP contribution is 2.36. The summed E-state index contributed by atoms with van der Waals surface area (Å²) in [5.41, 5.74) is 1.69. The molecule has 0 radical (unpaired) electrons. The van der Waals surface area contributed by atoms with Crippen molar-refractivity contribution in [3.05, 3.63) is 35.7 Å². The predicted octanol–water partition coefficient (Wildman–Crippen LogP) is 1.83. The van der Waals surface area contributed by atoms with Crippen molar-refractivity contribution in [2.24, 2.45) is 0 Å². The lowest BCUT2D eigenvalue weighted by Crippen LogP contribution is -2.61. The predicted molar refractivity (Wildman–Crippen MR) is 111 cm³/mol. The van der Waals surface area contributed by atoms with E-state index in [0.717, 1.165) is 24.1 Å². The van der Waals surface area contributed by atoms with Crippen LogP contribution in [-0.4, -0.2) is 69.1 Å². The molecular formula is C21H27N5O5. The van der Waals surface area contributed by atoms with Gasteiger partial charge in [0, 0.05) is 29.9 Å². The summed E-state index contributed by atoms with van der Waals surface area (Å²) in [7, 11) is 1.54. The smallest absolute Gasteiger partial charge is 0.410 e. The highest BCUT2D eigenvalue weighted by atomic mass is 16.6. The summed E-state index contributed by atoms with van der Waals surface area (Å²) >= 11 is 0. The Labute approximate surface area is 179 Å². The fourth-order valence-corrected chi connectivity index (χ4v) is 3.99. The number of aliphatic hydroxyl groups excluding tert-OH is 1. The summed E-state index contributed by atoms with van der Waals surface area (Å²) in [6.45, 7) is 2.13. The number of rotatable bonds is 6. The van der Waals surface area contributed by atoms with Crippen LogP contribution in [0.4, 0.5) is 10.6 Å². The van der Waals surface area contributed by atoms with Crippen LogP contribution in [-0.2, 0) is 16.0 Å². The van der Waals surface area contributed by atoms with Crippen LogP contribution in [0.2, 0.25) is 0 Å². The van der Waals surface area contributed by atoms with E-state index in [2.05, 4.69) is 20.5 Å². The molecule has 2 aromatic rings. The van der Waals surface area contributed by atoms with Crippen LogP contribution in [0.25, 0.3) is 0 Å². The van der Waals surface area contributed by atoms with E-state index in [0.29, 0.717) is 24.7 Å². The van der Waals surface area contributed by atoms with Gasteiger partial charge in [-0.15, -0.1) is 0 Å². The second-order valence-corrected chi connectivity index (χ2v) is 8.12. The number of likely N-dealkylation sites (tertiary alicyclic amines) is 1. The van der Waals surface area contributed by atoms with E-state index in [1.165, 1.54) is 0 Å². The number of β-amino-alcohol motifs (C(OH)–C–C–N with tert-alkyl or cyclic N) is 1. The summed E-state index contributed by atoms with van der Waals surface area (Å²) in [6, 6.07) is 5.14. The van der Waals surface area contributed by atoms with E-state index < -0.39 is 6.10 Å². The average Bonchev–Trinajstić information content (AvgIpc) is 3.41. The average molecular weight is 429 g/mol. The summed E-state index contributed by atoms with van der Waals surface area (Å²) in [5, 5.41) is 19.5. The highest BCUT2D eigenvalue weighted by molar-refractivity contribution is 5.91. The van der Waals surface area contributed by atoms with Crippen molar-refractivity contribution >= 4 is 17.8 Å². The number of carbonyl (C=O) groups excluding carboxylic acids is 2. The first-order valence-corrected chi connectivity index (χ1v) is 10.4. The van der Waals surface area contributed by atoms with Crippen molar-refractivity contribution < 1.29 is 24.2 Å². The number of hydrogen-bond donors (Lipinski definition) is 3. The lowest BCUT2D eigenvalue weighted by atomic mass is 10.0. The number of aromatic nitrogens is 3. The fourth-order valence-electron chi connectivity index (χ4n) is 3.99. The third-order valence-electron chi connectivity index (χ3n) is 6.00. The molecule has 10 nitrogen and oxygen atoms in total. The number of aromatic amines is 1. The first kappa shape index (κ1) is 21.1. The third kappa shape index (κ3) is 4.79. The molecule has 166 valence electrons. The Morgan fingerprint density at radius 3 is 2.87 bits per heavy atom. The third-order valence-corrected chi connectivity index (χ3v) is 6.00. The maximum atomic E-state index is 12.3. The van der Waals surface area contributed by atoms with E-state index in [4.69, 9.17) is 9.47 Å². The molecule has 2 amide bonds. The molecule has 4 atom stereocenters. The van der Waals surface area contributed by atoms with Crippen LogP contribution in [0.15, 0.2) is 24.4 Å². The van der Waals surface area contributed by atoms with Crippen molar-refractivity contribution in [3.63, 3.8) is 0 Å². The zero-order valence-electron chi connectivity index (χ0n) is 17.6. The first-order valence-electron chi connectivity index (χ1n) is 10.4. The summed E-state index contributed by atoms with van der Waals surface area (Å²) in [4.78, 5) is 30.1. The molecule has 2 aromatic heterocycles. The van der Waals surface area contributed by atoms with E-state index in [-0.39, 0.29) is 36.5 Å². The molecule has 0 spiro atoms. The van der Waals surface area contributed by atoms with E-state index in [9.17, 15) is 14.7 Å². The fraction of sp³-hybridized carbons (Fsp3) is 0.524. The van der Waals surface area contributed by atoms with Gasteiger partial charge in [0.05, 0.1) is 32.2 Å². The van der Waals surface area contributed by atoms with Gasteiger partial charge in [0.25, 0.3) is 0 Å². The van der Waals surface area contributed by atoms with Gasteiger partial charge < -0.3 is 24.8 Å². The molecule has 2 aliphatic rings. The molecule has 10 heteroatoms. The van der Waals surface area contributed by atoms with Gasteiger partial charge in [-0.1, -0.05) is 6.07 Å². The Hall–Kier alpha value is -3.14. The molecule has 3 N–H and O–H groups in total. The van der Waals surface area contributed by atoms with Gasteiger partial charge in [-0.3, -0.25) is 9.89 Å². The van der Waals surface area contributed by atoms with Crippen molar-refractivity contribution in [1.82, 2.24) is 20.1 Å². The number of aliphatic hydroxyl groups is 1. The van der Waals surface area contributed by atoms with Crippen molar-refractivity contribution in [2.75, 3.05) is 19.0 Å². The lowest BCUT2D eigenvalue weighted by molar-refractivity contribution is -0.115. The van der Waals surface area contributed by atoms with Crippen molar-refractivity contribution in [3.8, 4) is 5.88 Å². The van der Waals surface area contributed by atoms with Crippen molar-refractivity contribution in [2.45, 2.75) is 56.8 Å². The Morgan fingerprint density at radius 1 is 1.35 bits per heavy atom. The van der Waals surface area contributed by atoms with Gasteiger partial charge in [-0.05, 0) is 31.7 Å². The van der Waals surface area contributed by atoms with E-state index >= 15 is 0 Å². The second-order valence-electron chi connectivity index (χ2n) is 8.12. The number of ether oxygens (including phenoxy) is 2. The molecule has 1 aliphatic heterocycles. The normalized spacial score (nSPS) is 25.1. The number of hydrogen-bond acceptors (Lipinski definition) is 7. The lowest BCUT2D eigenvalue weighted by Gasteiger charge is -2.42. The molecular weight excluding hydrogens is 402 g/mol. The maximum absolute atomic E-state index is 12.3. The van der Waals surface area contributed by atoms with Gasteiger partial charge in [-0.25, -0.2) is 9.78 Å². The van der Waals surface area contributed by atoms with Crippen LogP contribution in [0.3, 0.4) is 0 Å². The highest BCUT2D eigenvalue weighted by Gasteiger charge is 2.40. The number of methoxy groups -OCH3 is 1. The molecule has 0 bridgehead atoms. The number of nitrogens with one attached hydrogen (secondary N) is 2. The number of amides is 2. The Balaban J connectivity index is 1.25. The van der Waals surface area contributed by atoms with Gasteiger partial charge in [0.15, 0.2) is 5.82 Å². The number of pyridine rings is 1. The molecule has 0 unspecified atom stereocenters. The van der Waals surface area contributed by atoms with Crippen LogP contribution in [0, 0.1) is 0 Å². The molecule has 0 aromatic carbocycles. The molecule has 1 saturated carbocycles. The monoisotopic (exact) mass is 429 g/mol. The summed E-state index contributed by atoms with van der Waals surface area (Å²) < 4.78 is 10.6. The van der Waals surface area contributed by atoms with Crippen molar-refractivity contribution in [1.29, 1.82) is 0 Å². The number of nitrogens with zero attached hydrogens (tertiary/aromatic N) is 3. The molecule has 31 heavy (non-hydrogen) atoms. The molecule has 4 rings (SSSR count). The van der Waals surface area contributed by atoms with E-state index in [1.807, 2.05) is 6.07 Å². The largest absolute Gasteiger partial charge is 0.481 e. The molecule has 2 fully saturated rings. The Bertz CT molecular complexity index is 930. The van der Waals surface area contributed by atoms with Gasteiger partial charge in [0.1, 0.15) is 6.10 Å².